The Kier molecular flexibility index (Phi) is 7.54. The Balaban J connectivity index is 1.39. The van der Waals surface area contributed by atoms with E-state index in [1.54, 1.807) is 4.90 Å². The van der Waals surface area contributed by atoms with E-state index in [1.807, 2.05) is 23.1 Å². The normalized spacial score (nSPS) is 16.6. The van der Waals surface area contributed by atoms with Gasteiger partial charge in [-0.15, -0.1) is 0 Å². The molecule has 1 aromatic carbocycles. The summed E-state index contributed by atoms with van der Waals surface area (Å²) in [5.41, 5.74) is 0.856. The number of amides is 2. The minimum Gasteiger partial charge on any atom is -0.468 e. The van der Waals surface area contributed by atoms with Gasteiger partial charge in [0.2, 0.25) is 11.8 Å². The first kappa shape index (κ1) is 24.9. The van der Waals surface area contributed by atoms with Gasteiger partial charge in [0.25, 0.3) is 5.56 Å². The van der Waals surface area contributed by atoms with Crippen LogP contribution in [0.15, 0.2) is 44.5 Å². The Morgan fingerprint density at radius 2 is 1.71 bits per heavy atom. The molecule has 0 bridgehead atoms. The Hall–Kier alpha value is -3.21. The number of carbonyl (C=O) groups excluding carboxylic acids is 3. The monoisotopic (exact) mass is 546 g/mol. The summed E-state index contributed by atoms with van der Waals surface area (Å²) in [6.07, 6.45) is 3.80. The van der Waals surface area contributed by atoms with E-state index in [9.17, 15) is 24.0 Å². The predicted molar refractivity (Wildman–Crippen MR) is 130 cm³/mol. The molecular weight excluding hydrogens is 520 g/mol. The third-order valence-corrected chi connectivity index (χ3v) is 7.22. The van der Waals surface area contributed by atoms with Crippen LogP contribution in [0.5, 0.6) is 0 Å². The summed E-state index contributed by atoms with van der Waals surface area (Å²) in [4.78, 5) is 66.0. The number of benzene rings is 1. The van der Waals surface area contributed by atoms with Crippen LogP contribution in [0.25, 0.3) is 0 Å². The second-order valence-electron chi connectivity index (χ2n) is 8.75. The molecule has 2 amide bonds. The largest absolute Gasteiger partial charge is 0.468 e. The highest BCUT2D eigenvalue weighted by Crippen LogP contribution is 2.23. The van der Waals surface area contributed by atoms with Gasteiger partial charge in [-0.2, -0.15) is 0 Å². The summed E-state index contributed by atoms with van der Waals surface area (Å²) in [5.74, 6) is -0.896. The molecule has 186 valence electrons. The number of methoxy groups -OCH3 is 1. The number of hydrogen-bond donors (Lipinski definition) is 0. The molecule has 2 aliphatic heterocycles. The van der Waals surface area contributed by atoms with Crippen LogP contribution in [0, 0.1) is 0 Å². The van der Waals surface area contributed by atoms with E-state index in [2.05, 4.69) is 26.7 Å². The lowest BCUT2D eigenvalue weighted by molar-refractivity contribution is -0.141. The molecule has 35 heavy (non-hydrogen) atoms. The Labute approximate surface area is 210 Å². The summed E-state index contributed by atoms with van der Waals surface area (Å²) in [6, 6.07) is 8.10. The van der Waals surface area contributed by atoms with E-state index in [4.69, 9.17) is 0 Å². The number of fused-ring (bicyclic) bond motifs is 1. The van der Waals surface area contributed by atoms with E-state index < -0.39 is 23.8 Å². The fourth-order valence-electron chi connectivity index (χ4n) is 4.73. The first-order valence-electron chi connectivity index (χ1n) is 11.5. The van der Waals surface area contributed by atoms with Crippen molar-refractivity contribution in [2.24, 2.45) is 0 Å². The fraction of sp³-hybridized carbons (Fsp3) is 0.458. The first-order valence-corrected chi connectivity index (χ1v) is 12.3. The highest BCUT2D eigenvalue weighted by Gasteiger charge is 2.31. The summed E-state index contributed by atoms with van der Waals surface area (Å²) in [7, 11) is 1.16. The molecule has 3 heterocycles. The molecule has 0 saturated carbocycles. The van der Waals surface area contributed by atoms with Gasteiger partial charge in [0.1, 0.15) is 13.1 Å². The number of esters is 1. The number of nitrogens with zero attached hydrogens (tertiary/aromatic N) is 4. The maximum absolute atomic E-state index is 12.9. The van der Waals surface area contributed by atoms with Crippen molar-refractivity contribution < 1.29 is 19.1 Å². The van der Waals surface area contributed by atoms with E-state index in [0.717, 1.165) is 28.2 Å². The smallest absolute Gasteiger partial charge is 0.332 e. The third-order valence-electron chi connectivity index (χ3n) is 6.68. The minimum atomic E-state index is -0.762. The van der Waals surface area contributed by atoms with E-state index in [1.165, 1.54) is 11.8 Å². The Bertz CT molecular complexity index is 1260. The summed E-state index contributed by atoms with van der Waals surface area (Å²) in [6.45, 7) is 0.804. The summed E-state index contributed by atoms with van der Waals surface area (Å²) < 4.78 is 6.46. The van der Waals surface area contributed by atoms with Gasteiger partial charge in [-0.3, -0.25) is 23.7 Å². The van der Waals surface area contributed by atoms with E-state index in [0.29, 0.717) is 38.9 Å². The number of hydrogen-bond acceptors (Lipinski definition) is 6. The van der Waals surface area contributed by atoms with Gasteiger partial charge in [0, 0.05) is 31.9 Å². The van der Waals surface area contributed by atoms with Crippen molar-refractivity contribution in [1.82, 2.24) is 18.9 Å². The lowest BCUT2D eigenvalue weighted by atomic mass is 10.0. The van der Waals surface area contributed by atoms with Crippen LogP contribution in [-0.2, 0) is 45.1 Å². The highest BCUT2D eigenvalue weighted by atomic mass is 79.9. The number of ether oxygens (including phenoxy) is 1. The maximum Gasteiger partial charge on any atom is 0.332 e. The van der Waals surface area contributed by atoms with Crippen molar-refractivity contribution in [2.45, 2.75) is 44.8 Å². The van der Waals surface area contributed by atoms with Crippen LogP contribution in [0.3, 0.4) is 0 Å². The average molecular weight is 547 g/mol. The number of piperidine rings is 1. The second-order valence-corrected chi connectivity index (χ2v) is 9.60. The molecule has 4 rings (SSSR count). The molecule has 2 aromatic rings. The lowest BCUT2D eigenvalue weighted by Gasteiger charge is -2.38. The van der Waals surface area contributed by atoms with Gasteiger partial charge in [0.05, 0.1) is 18.0 Å². The molecule has 0 aliphatic carbocycles. The lowest BCUT2D eigenvalue weighted by Crippen LogP contribution is -2.50. The van der Waals surface area contributed by atoms with Crippen molar-refractivity contribution in [3.8, 4) is 0 Å². The molecule has 1 fully saturated rings. The summed E-state index contributed by atoms with van der Waals surface area (Å²) in [5, 5.41) is 0. The molecule has 0 radical (unpaired) electrons. The number of aromatic nitrogens is 2. The molecular formula is C24H27BrN4O6. The van der Waals surface area contributed by atoms with Crippen LogP contribution < -0.4 is 11.2 Å². The van der Waals surface area contributed by atoms with Crippen molar-refractivity contribution in [3.05, 3.63) is 66.9 Å². The topological polar surface area (TPSA) is 111 Å². The first-order chi connectivity index (χ1) is 16.8. The molecule has 0 atom stereocenters. The van der Waals surface area contributed by atoms with Gasteiger partial charge in [-0.1, -0.05) is 24.3 Å². The SMILES string of the molecule is COC(=O)Cn1c(=O)c(Br)cn(CC(=O)N2CCC(N3CCc4ccccc4CC3=O)CC2)c1=O. The third kappa shape index (κ3) is 5.39. The van der Waals surface area contributed by atoms with Crippen LogP contribution >= 0.6 is 15.9 Å². The van der Waals surface area contributed by atoms with Gasteiger partial charge >= 0.3 is 11.7 Å². The second kappa shape index (κ2) is 10.6. The van der Waals surface area contributed by atoms with Crippen LogP contribution in [0.1, 0.15) is 24.0 Å². The van der Waals surface area contributed by atoms with Crippen molar-refractivity contribution in [2.75, 3.05) is 26.7 Å². The average Bonchev–Trinajstić information content (AvgIpc) is 3.03. The van der Waals surface area contributed by atoms with Crippen molar-refractivity contribution in [3.63, 3.8) is 0 Å². The molecule has 10 nitrogen and oxygen atoms in total. The molecule has 1 aromatic heterocycles. The zero-order chi connectivity index (χ0) is 25.1. The fourth-order valence-corrected chi connectivity index (χ4v) is 5.19. The molecule has 0 spiro atoms. The van der Waals surface area contributed by atoms with Gasteiger partial charge in [-0.05, 0) is 46.3 Å². The van der Waals surface area contributed by atoms with Gasteiger partial charge in [0.15, 0.2) is 0 Å². The maximum atomic E-state index is 12.9. The zero-order valence-electron chi connectivity index (χ0n) is 19.4. The van der Waals surface area contributed by atoms with Gasteiger partial charge < -0.3 is 14.5 Å². The number of carbonyl (C=O) groups is 3. The number of halogens is 1. The Morgan fingerprint density at radius 1 is 1.03 bits per heavy atom. The zero-order valence-corrected chi connectivity index (χ0v) is 21.0. The molecule has 0 N–H and O–H groups in total. The highest BCUT2D eigenvalue weighted by molar-refractivity contribution is 9.10. The molecule has 1 saturated heterocycles. The number of likely N-dealkylation sites (tertiary alicyclic amines) is 1. The minimum absolute atomic E-state index is 0.0631. The van der Waals surface area contributed by atoms with Gasteiger partial charge in [-0.25, -0.2) is 9.36 Å². The van der Waals surface area contributed by atoms with Crippen molar-refractivity contribution >= 4 is 33.7 Å². The quantitative estimate of drug-likeness (QED) is 0.507. The predicted octanol–water partition coefficient (Wildman–Crippen LogP) is 0.564. The van der Waals surface area contributed by atoms with E-state index >= 15 is 0 Å². The Morgan fingerprint density at radius 3 is 2.40 bits per heavy atom. The van der Waals surface area contributed by atoms with Crippen LogP contribution in [-0.4, -0.2) is 69.5 Å². The van der Waals surface area contributed by atoms with Crippen LogP contribution in [0.4, 0.5) is 0 Å². The number of rotatable bonds is 5. The molecule has 11 heteroatoms. The molecule has 0 unspecified atom stereocenters. The van der Waals surface area contributed by atoms with Crippen LogP contribution in [0.2, 0.25) is 0 Å². The molecule has 2 aliphatic rings. The van der Waals surface area contributed by atoms with Crippen molar-refractivity contribution in [1.29, 1.82) is 0 Å². The standard InChI is InChI=1S/C24H27BrN4O6/c1-35-22(32)15-29-23(33)19(25)13-27(24(29)34)14-21(31)26-9-7-18(8-10-26)28-11-6-16-4-2-3-5-17(16)12-20(28)30/h2-5,13,18H,6-12,14-15H2,1H3. The van der Waals surface area contributed by atoms with E-state index in [-0.39, 0.29) is 28.9 Å². The summed E-state index contributed by atoms with van der Waals surface area (Å²) >= 11 is 3.10.